The Labute approximate surface area is 96.6 Å². The minimum absolute atomic E-state index is 0.0712. The molecule has 6 heteroatoms. The normalized spacial score (nSPS) is 10.0. The van der Waals surface area contributed by atoms with Crippen LogP contribution >= 0.6 is 11.8 Å². The third-order valence-corrected chi connectivity index (χ3v) is 2.85. The molecule has 0 aliphatic rings. The summed E-state index contributed by atoms with van der Waals surface area (Å²) >= 11 is 1.33. The first-order valence-electron chi connectivity index (χ1n) is 4.62. The van der Waals surface area contributed by atoms with E-state index in [1.807, 2.05) is 0 Å². The highest BCUT2D eigenvalue weighted by Crippen LogP contribution is 2.13. The number of carboxylic acid groups (broad SMARTS) is 1. The average molecular weight is 241 g/mol. The molecule has 0 saturated heterocycles. The number of nitro benzene ring substituents is 1. The molecule has 0 saturated carbocycles. The molecular formula is C10H11NO4S. The zero-order valence-electron chi connectivity index (χ0n) is 8.46. The van der Waals surface area contributed by atoms with Crippen molar-refractivity contribution in [3.05, 3.63) is 39.9 Å². The highest BCUT2D eigenvalue weighted by atomic mass is 32.2. The molecule has 0 bridgehead atoms. The molecule has 0 aromatic heterocycles. The Bertz CT molecular complexity index is 377. The average Bonchev–Trinajstić information content (AvgIpc) is 2.25. The molecule has 1 N–H and O–H groups in total. The fourth-order valence-corrected chi connectivity index (χ4v) is 1.83. The third-order valence-electron chi connectivity index (χ3n) is 1.91. The Morgan fingerprint density at radius 2 is 2.00 bits per heavy atom. The molecular weight excluding hydrogens is 230 g/mol. The highest BCUT2D eigenvalue weighted by molar-refractivity contribution is 7.99. The van der Waals surface area contributed by atoms with Crippen LogP contribution in [0.15, 0.2) is 24.3 Å². The van der Waals surface area contributed by atoms with Gasteiger partial charge in [0, 0.05) is 12.1 Å². The molecule has 1 aromatic carbocycles. The van der Waals surface area contributed by atoms with Crippen molar-refractivity contribution in [2.24, 2.45) is 0 Å². The van der Waals surface area contributed by atoms with Gasteiger partial charge >= 0.3 is 5.97 Å². The second-order valence-electron chi connectivity index (χ2n) is 3.12. The van der Waals surface area contributed by atoms with E-state index in [1.54, 1.807) is 12.1 Å². The van der Waals surface area contributed by atoms with E-state index in [9.17, 15) is 14.9 Å². The highest BCUT2D eigenvalue weighted by Gasteiger charge is 2.04. The van der Waals surface area contributed by atoms with Crippen LogP contribution in [-0.4, -0.2) is 27.5 Å². The molecule has 5 nitrogen and oxygen atoms in total. The standard InChI is InChI=1S/C10H11NO4S/c12-10(13)7-16-6-5-8-1-3-9(4-2-8)11(14)15/h1-4H,5-7H2,(H,12,13). The quantitative estimate of drug-likeness (QED) is 0.467. The fraction of sp³-hybridized carbons (Fsp3) is 0.300. The molecule has 0 amide bonds. The van der Waals surface area contributed by atoms with E-state index in [2.05, 4.69) is 0 Å². The van der Waals surface area contributed by atoms with Gasteiger partial charge in [-0.3, -0.25) is 14.9 Å². The van der Waals surface area contributed by atoms with Crippen LogP contribution in [0.2, 0.25) is 0 Å². The van der Waals surface area contributed by atoms with Crippen LogP contribution < -0.4 is 0 Å². The van der Waals surface area contributed by atoms with E-state index in [0.29, 0.717) is 5.75 Å². The first-order valence-corrected chi connectivity index (χ1v) is 5.78. The number of hydrogen-bond donors (Lipinski definition) is 1. The second kappa shape index (κ2) is 6.12. The van der Waals surface area contributed by atoms with E-state index >= 15 is 0 Å². The van der Waals surface area contributed by atoms with Crippen molar-refractivity contribution in [2.75, 3.05) is 11.5 Å². The molecule has 86 valence electrons. The number of rotatable bonds is 6. The largest absolute Gasteiger partial charge is 0.481 e. The lowest BCUT2D eigenvalue weighted by molar-refractivity contribution is -0.384. The number of thioether (sulfide) groups is 1. The lowest BCUT2D eigenvalue weighted by Gasteiger charge is -1.99. The first kappa shape index (κ1) is 12.5. The van der Waals surface area contributed by atoms with Gasteiger partial charge in [-0.1, -0.05) is 12.1 Å². The molecule has 0 unspecified atom stereocenters. The van der Waals surface area contributed by atoms with Crippen LogP contribution in [0.4, 0.5) is 5.69 Å². The Balaban J connectivity index is 2.38. The maximum atomic E-state index is 10.4. The van der Waals surface area contributed by atoms with Crippen molar-refractivity contribution >= 4 is 23.4 Å². The zero-order valence-corrected chi connectivity index (χ0v) is 9.27. The summed E-state index contributed by atoms with van der Waals surface area (Å²) in [7, 11) is 0. The maximum absolute atomic E-state index is 10.4. The molecule has 0 heterocycles. The van der Waals surface area contributed by atoms with Gasteiger partial charge in [0.1, 0.15) is 0 Å². The number of aliphatic carboxylic acids is 1. The van der Waals surface area contributed by atoms with Crippen molar-refractivity contribution in [3.8, 4) is 0 Å². The summed E-state index contributed by atoms with van der Waals surface area (Å²) in [4.78, 5) is 20.2. The van der Waals surface area contributed by atoms with Crippen molar-refractivity contribution in [1.29, 1.82) is 0 Å². The second-order valence-corrected chi connectivity index (χ2v) is 4.23. The number of carbonyl (C=O) groups is 1. The molecule has 1 aromatic rings. The van der Waals surface area contributed by atoms with Gasteiger partial charge in [-0.25, -0.2) is 0 Å². The van der Waals surface area contributed by atoms with Crippen molar-refractivity contribution in [2.45, 2.75) is 6.42 Å². The van der Waals surface area contributed by atoms with Gasteiger partial charge in [-0.15, -0.1) is 11.8 Å². The first-order chi connectivity index (χ1) is 7.59. The molecule has 0 radical (unpaired) electrons. The van der Waals surface area contributed by atoms with Gasteiger partial charge in [0.25, 0.3) is 5.69 Å². The van der Waals surface area contributed by atoms with Crippen LogP contribution in [0.3, 0.4) is 0 Å². The monoisotopic (exact) mass is 241 g/mol. The fourth-order valence-electron chi connectivity index (χ4n) is 1.13. The number of nitrogens with zero attached hydrogens (tertiary/aromatic N) is 1. The molecule has 0 aliphatic carbocycles. The Hall–Kier alpha value is -1.56. The summed E-state index contributed by atoms with van der Waals surface area (Å²) in [5, 5.41) is 18.8. The number of nitro groups is 1. The predicted molar refractivity (Wildman–Crippen MR) is 61.8 cm³/mol. The maximum Gasteiger partial charge on any atom is 0.313 e. The van der Waals surface area contributed by atoms with Crippen LogP contribution in [0.25, 0.3) is 0 Å². The van der Waals surface area contributed by atoms with E-state index in [1.165, 1.54) is 23.9 Å². The van der Waals surface area contributed by atoms with Gasteiger partial charge in [-0.05, 0) is 17.7 Å². The van der Waals surface area contributed by atoms with Crippen molar-refractivity contribution in [1.82, 2.24) is 0 Å². The van der Waals surface area contributed by atoms with E-state index in [0.717, 1.165) is 12.0 Å². The molecule has 16 heavy (non-hydrogen) atoms. The Kier molecular flexibility index (Phi) is 4.78. The van der Waals surface area contributed by atoms with E-state index in [4.69, 9.17) is 5.11 Å². The van der Waals surface area contributed by atoms with E-state index < -0.39 is 10.9 Å². The topological polar surface area (TPSA) is 80.4 Å². The van der Waals surface area contributed by atoms with Crippen LogP contribution in [0.5, 0.6) is 0 Å². The van der Waals surface area contributed by atoms with Crippen LogP contribution in [-0.2, 0) is 11.2 Å². The third kappa shape index (κ3) is 4.31. The summed E-state index contributed by atoms with van der Waals surface area (Å²) in [5.41, 5.74) is 1.05. The van der Waals surface area contributed by atoms with Gasteiger partial charge in [0.15, 0.2) is 0 Å². The number of non-ortho nitro benzene ring substituents is 1. The summed E-state index contributed by atoms with van der Waals surface area (Å²) in [6, 6.07) is 6.30. The number of hydrogen-bond acceptors (Lipinski definition) is 4. The van der Waals surface area contributed by atoms with Crippen molar-refractivity contribution in [3.63, 3.8) is 0 Å². The minimum atomic E-state index is -0.825. The Morgan fingerprint density at radius 1 is 1.38 bits per heavy atom. The molecule has 1 rings (SSSR count). The predicted octanol–water partition coefficient (Wildman–Crippen LogP) is 1.96. The smallest absolute Gasteiger partial charge is 0.313 e. The van der Waals surface area contributed by atoms with Gasteiger partial charge in [0.2, 0.25) is 0 Å². The molecule has 0 fully saturated rings. The number of carboxylic acids is 1. The summed E-state index contributed by atoms with van der Waals surface area (Å²) in [6.45, 7) is 0. The van der Waals surface area contributed by atoms with E-state index in [-0.39, 0.29) is 11.4 Å². The Morgan fingerprint density at radius 3 is 2.50 bits per heavy atom. The lowest BCUT2D eigenvalue weighted by atomic mass is 10.1. The number of benzene rings is 1. The molecule has 0 aliphatic heterocycles. The van der Waals surface area contributed by atoms with Gasteiger partial charge < -0.3 is 5.11 Å². The van der Waals surface area contributed by atoms with Gasteiger partial charge in [0.05, 0.1) is 10.7 Å². The van der Waals surface area contributed by atoms with Crippen LogP contribution in [0, 0.1) is 10.1 Å². The van der Waals surface area contributed by atoms with Crippen LogP contribution in [0.1, 0.15) is 5.56 Å². The molecule has 0 spiro atoms. The number of aryl methyl sites for hydroxylation is 1. The summed E-state index contributed by atoms with van der Waals surface area (Å²) < 4.78 is 0. The summed E-state index contributed by atoms with van der Waals surface area (Å²) in [5.74, 6) is -0.0365. The lowest BCUT2D eigenvalue weighted by Crippen LogP contribution is -2.00. The SMILES string of the molecule is O=C(O)CSCCc1ccc([N+](=O)[O-])cc1. The van der Waals surface area contributed by atoms with Gasteiger partial charge in [-0.2, -0.15) is 0 Å². The van der Waals surface area contributed by atoms with Crippen molar-refractivity contribution < 1.29 is 14.8 Å². The molecule has 0 atom stereocenters. The zero-order chi connectivity index (χ0) is 12.0. The minimum Gasteiger partial charge on any atom is -0.481 e. The summed E-state index contributed by atoms with van der Waals surface area (Å²) in [6.07, 6.45) is 0.718.